The van der Waals surface area contributed by atoms with Crippen LogP contribution in [0.1, 0.15) is 0 Å². The van der Waals surface area contributed by atoms with Crippen LogP contribution in [0.15, 0.2) is 27.6 Å². The molecule has 0 heterocycles. The van der Waals surface area contributed by atoms with Crippen molar-refractivity contribution < 1.29 is 17.9 Å². The van der Waals surface area contributed by atoms with Crippen molar-refractivity contribution in [3.8, 4) is 0 Å². The van der Waals surface area contributed by atoms with E-state index in [1.807, 2.05) is 0 Å². The van der Waals surface area contributed by atoms with Crippen LogP contribution in [-0.2, 0) is 10.0 Å². The van der Waals surface area contributed by atoms with Crippen molar-refractivity contribution in [2.24, 2.45) is 0 Å². The van der Waals surface area contributed by atoms with Crippen LogP contribution in [0.5, 0.6) is 0 Å². The normalized spacial score (nSPS) is 12.1. The Labute approximate surface area is 102 Å². The quantitative estimate of drug-likeness (QED) is 0.909. The maximum Gasteiger partial charge on any atom is 0.246 e. The van der Waals surface area contributed by atoms with Gasteiger partial charge in [0.2, 0.25) is 10.0 Å². The molecule has 0 aliphatic carbocycles. The summed E-state index contributed by atoms with van der Waals surface area (Å²) in [4.78, 5) is -0.411. The number of aliphatic hydroxyl groups is 1. The Kier molecular flexibility index (Phi) is 4.43. The molecule has 0 aliphatic rings. The third-order valence-electron chi connectivity index (χ3n) is 2.00. The second-order valence-corrected chi connectivity index (χ2v) is 5.94. The van der Waals surface area contributed by atoms with Gasteiger partial charge in [-0.05, 0) is 28.1 Å². The molecule has 1 N–H and O–H groups in total. The molecule has 0 unspecified atom stereocenters. The summed E-state index contributed by atoms with van der Waals surface area (Å²) < 4.78 is 38.3. The summed E-state index contributed by atoms with van der Waals surface area (Å²) in [6.07, 6.45) is 0. The second kappa shape index (κ2) is 5.22. The number of benzene rings is 1. The van der Waals surface area contributed by atoms with Crippen LogP contribution in [0.3, 0.4) is 0 Å². The molecule has 0 aromatic heterocycles. The number of halogens is 2. The Hall–Kier alpha value is -0.500. The van der Waals surface area contributed by atoms with Gasteiger partial charge in [0, 0.05) is 18.1 Å². The monoisotopic (exact) mass is 311 g/mol. The van der Waals surface area contributed by atoms with E-state index >= 15 is 0 Å². The number of hydrogen-bond donors (Lipinski definition) is 1. The maximum atomic E-state index is 13.4. The fourth-order valence-electron chi connectivity index (χ4n) is 1.15. The molecule has 1 rings (SSSR count). The van der Waals surface area contributed by atoms with E-state index in [1.54, 1.807) is 0 Å². The van der Waals surface area contributed by atoms with Gasteiger partial charge in [-0.3, -0.25) is 0 Å². The zero-order chi connectivity index (χ0) is 12.3. The molecule has 0 spiro atoms. The van der Waals surface area contributed by atoms with E-state index in [2.05, 4.69) is 15.9 Å². The lowest BCUT2D eigenvalue weighted by Gasteiger charge is -2.17. The van der Waals surface area contributed by atoms with Crippen LogP contribution in [0.2, 0.25) is 0 Å². The molecule has 90 valence electrons. The molecule has 0 saturated carbocycles. The number of hydrogen-bond acceptors (Lipinski definition) is 3. The lowest BCUT2D eigenvalue weighted by molar-refractivity contribution is 0.266. The number of rotatable bonds is 4. The van der Waals surface area contributed by atoms with Gasteiger partial charge in [0.15, 0.2) is 0 Å². The molecule has 0 saturated heterocycles. The van der Waals surface area contributed by atoms with E-state index in [0.29, 0.717) is 0 Å². The Morgan fingerprint density at radius 3 is 2.62 bits per heavy atom. The SMILES string of the molecule is CN(CCO)S(=O)(=O)c1c(F)cccc1Br. The number of sulfonamides is 1. The predicted octanol–water partition coefficient (Wildman–Crippen LogP) is 1.20. The highest BCUT2D eigenvalue weighted by molar-refractivity contribution is 9.10. The summed E-state index contributed by atoms with van der Waals surface area (Å²) in [6.45, 7) is -0.398. The van der Waals surface area contributed by atoms with Gasteiger partial charge < -0.3 is 5.11 Å². The first kappa shape index (κ1) is 13.6. The first-order valence-corrected chi connectivity index (χ1v) is 6.65. The van der Waals surface area contributed by atoms with Gasteiger partial charge in [-0.25, -0.2) is 12.8 Å². The zero-order valence-electron chi connectivity index (χ0n) is 8.52. The molecular weight excluding hydrogens is 301 g/mol. The van der Waals surface area contributed by atoms with Crippen molar-refractivity contribution >= 4 is 26.0 Å². The van der Waals surface area contributed by atoms with E-state index in [-0.39, 0.29) is 17.6 Å². The molecule has 4 nitrogen and oxygen atoms in total. The molecule has 1 aromatic carbocycles. The van der Waals surface area contributed by atoms with Gasteiger partial charge in [0.1, 0.15) is 10.7 Å². The highest BCUT2D eigenvalue weighted by atomic mass is 79.9. The van der Waals surface area contributed by atoms with Gasteiger partial charge in [-0.1, -0.05) is 6.07 Å². The summed E-state index contributed by atoms with van der Waals surface area (Å²) >= 11 is 2.99. The molecule has 0 aliphatic heterocycles. The van der Waals surface area contributed by atoms with Crippen molar-refractivity contribution in [1.82, 2.24) is 4.31 Å². The molecule has 0 atom stereocenters. The maximum absolute atomic E-state index is 13.4. The topological polar surface area (TPSA) is 57.6 Å². The molecule has 1 aromatic rings. The van der Waals surface area contributed by atoms with Gasteiger partial charge in [-0.2, -0.15) is 4.31 Å². The summed E-state index contributed by atoms with van der Waals surface area (Å²) in [6, 6.07) is 3.93. The number of aliphatic hydroxyl groups excluding tert-OH is 1. The van der Waals surface area contributed by atoms with Gasteiger partial charge in [0.25, 0.3) is 0 Å². The van der Waals surface area contributed by atoms with Crippen molar-refractivity contribution in [3.63, 3.8) is 0 Å². The van der Waals surface area contributed by atoms with E-state index in [4.69, 9.17) is 5.11 Å². The van der Waals surface area contributed by atoms with Crippen molar-refractivity contribution in [2.75, 3.05) is 20.2 Å². The Balaban J connectivity index is 3.27. The Morgan fingerprint density at radius 1 is 1.50 bits per heavy atom. The zero-order valence-corrected chi connectivity index (χ0v) is 10.9. The fraction of sp³-hybridized carbons (Fsp3) is 0.333. The van der Waals surface area contributed by atoms with Crippen LogP contribution < -0.4 is 0 Å². The van der Waals surface area contributed by atoms with Crippen molar-refractivity contribution in [3.05, 3.63) is 28.5 Å². The third-order valence-corrected chi connectivity index (χ3v) is 4.86. The van der Waals surface area contributed by atoms with Gasteiger partial charge >= 0.3 is 0 Å². The summed E-state index contributed by atoms with van der Waals surface area (Å²) in [5, 5.41) is 8.67. The molecule has 0 fully saturated rings. The third kappa shape index (κ3) is 2.60. The summed E-state index contributed by atoms with van der Waals surface area (Å²) in [5.41, 5.74) is 0. The lowest BCUT2D eigenvalue weighted by Crippen LogP contribution is -2.30. The predicted molar refractivity (Wildman–Crippen MR) is 61.0 cm³/mol. The van der Waals surface area contributed by atoms with Gasteiger partial charge in [0.05, 0.1) is 6.61 Å². The summed E-state index contributed by atoms with van der Waals surface area (Å²) in [5.74, 6) is -0.820. The van der Waals surface area contributed by atoms with E-state index < -0.39 is 20.7 Å². The first-order valence-electron chi connectivity index (χ1n) is 4.42. The molecule has 0 bridgehead atoms. The molecule has 16 heavy (non-hydrogen) atoms. The van der Waals surface area contributed by atoms with Crippen molar-refractivity contribution in [2.45, 2.75) is 4.90 Å². The molecule has 0 amide bonds. The minimum Gasteiger partial charge on any atom is -0.395 e. The minimum absolute atomic E-state index is 0.0803. The lowest BCUT2D eigenvalue weighted by atomic mass is 10.3. The van der Waals surface area contributed by atoms with Gasteiger partial charge in [-0.15, -0.1) is 0 Å². The van der Waals surface area contributed by atoms with Crippen LogP contribution in [-0.4, -0.2) is 38.0 Å². The highest BCUT2D eigenvalue weighted by Crippen LogP contribution is 2.26. The molecule has 0 radical (unpaired) electrons. The second-order valence-electron chi connectivity index (χ2n) is 3.10. The smallest absolute Gasteiger partial charge is 0.246 e. The van der Waals surface area contributed by atoms with E-state index in [1.165, 1.54) is 19.2 Å². The largest absolute Gasteiger partial charge is 0.395 e. The van der Waals surface area contributed by atoms with Crippen molar-refractivity contribution in [1.29, 1.82) is 0 Å². The minimum atomic E-state index is -3.91. The highest BCUT2D eigenvalue weighted by Gasteiger charge is 2.26. The summed E-state index contributed by atoms with van der Waals surface area (Å²) in [7, 11) is -2.63. The van der Waals surface area contributed by atoms with E-state index in [9.17, 15) is 12.8 Å². The Morgan fingerprint density at radius 2 is 2.12 bits per heavy atom. The molecule has 7 heteroatoms. The number of nitrogens with zero attached hydrogens (tertiary/aromatic N) is 1. The average Bonchev–Trinajstić information content (AvgIpc) is 2.17. The van der Waals surface area contributed by atoms with Crippen LogP contribution in [0.4, 0.5) is 4.39 Å². The first-order chi connectivity index (χ1) is 7.41. The van der Waals surface area contributed by atoms with Crippen LogP contribution in [0, 0.1) is 5.82 Å². The standard InChI is InChI=1S/C9H11BrFNO3S/c1-12(5-6-13)16(14,15)9-7(10)3-2-4-8(9)11/h2-4,13H,5-6H2,1H3. The van der Waals surface area contributed by atoms with Crippen LogP contribution in [0.25, 0.3) is 0 Å². The van der Waals surface area contributed by atoms with Crippen LogP contribution >= 0.6 is 15.9 Å². The molecular formula is C9H11BrFNO3S. The fourth-order valence-corrected chi connectivity index (χ4v) is 3.36. The number of likely N-dealkylation sites (N-methyl/N-ethyl adjacent to an activating group) is 1. The Bertz CT molecular complexity index is 457. The van der Waals surface area contributed by atoms with E-state index in [0.717, 1.165) is 10.4 Å². The average molecular weight is 312 g/mol.